The quantitative estimate of drug-likeness (QED) is 0.812. The zero-order valence-electron chi connectivity index (χ0n) is 11.1. The molecule has 0 aromatic carbocycles. The molecule has 0 radical (unpaired) electrons. The van der Waals surface area contributed by atoms with Crippen molar-refractivity contribution in [3.8, 4) is 0 Å². The number of nitrogens with two attached hydrogens (primary N) is 1. The van der Waals surface area contributed by atoms with E-state index in [4.69, 9.17) is 5.73 Å². The van der Waals surface area contributed by atoms with Crippen LogP contribution in [0.3, 0.4) is 0 Å². The van der Waals surface area contributed by atoms with Crippen LogP contribution >= 0.6 is 0 Å². The van der Waals surface area contributed by atoms with Gasteiger partial charge in [0.1, 0.15) is 11.4 Å². The fourth-order valence-corrected chi connectivity index (χ4v) is 2.26. The number of amides is 1. The number of aromatic nitrogens is 1. The van der Waals surface area contributed by atoms with Crippen LogP contribution in [0.1, 0.15) is 32.4 Å². The molecule has 18 heavy (non-hydrogen) atoms. The van der Waals surface area contributed by atoms with Gasteiger partial charge in [0.15, 0.2) is 0 Å². The first kappa shape index (κ1) is 12.8. The zero-order valence-corrected chi connectivity index (χ0v) is 11.1. The fourth-order valence-electron chi connectivity index (χ4n) is 2.26. The van der Waals surface area contributed by atoms with E-state index in [1.54, 1.807) is 6.20 Å². The summed E-state index contributed by atoms with van der Waals surface area (Å²) in [7, 11) is 0. The summed E-state index contributed by atoms with van der Waals surface area (Å²) < 4.78 is 0. The molecule has 1 aromatic heterocycles. The summed E-state index contributed by atoms with van der Waals surface area (Å²) in [5, 5.41) is 2.88. The average Bonchev–Trinajstić information content (AvgIpc) is 2.32. The third-order valence-corrected chi connectivity index (χ3v) is 3.41. The molecule has 2 rings (SSSR count). The Morgan fingerprint density at radius 3 is 2.94 bits per heavy atom. The van der Waals surface area contributed by atoms with Crippen molar-refractivity contribution in [1.29, 1.82) is 0 Å². The molecule has 1 fully saturated rings. The molecule has 1 saturated heterocycles. The molecule has 1 aliphatic heterocycles. The van der Waals surface area contributed by atoms with Gasteiger partial charge in [0.05, 0.1) is 0 Å². The Bertz CT molecular complexity index is 456. The van der Waals surface area contributed by atoms with Gasteiger partial charge in [-0.05, 0) is 26.8 Å². The molecule has 1 atom stereocenters. The van der Waals surface area contributed by atoms with E-state index < -0.39 is 5.54 Å². The van der Waals surface area contributed by atoms with Gasteiger partial charge in [-0.15, -0.1) is 0 Å². The van der Waals surface area contributed by atoms with E-state index in [1.807, 2.05) is 37.8 Å². The maximum atomic E-state index is 12.0. The minimum atomic E-state index is -0.601. The molecule has 5 nitrogen and oxygen atoms in total. The highest BCUT2D eigenvalue weighted by Crippen LogP contribution is 2.29. The second kappa shape index (κ2) is 4.57. The predicted molar refractivity (Wildman–Crippen MR) is 71.3 cm³/mol. The van der Waals surface area contributed by atoms with Crippen molar-refractivity contribution in [3.05, 3.63) is 23.9 Å². The number of hydrogen-bond donors (Lipinski definition) is 2. The van der Waals surface area contributed by atoms with E-state index in [-0.39, 0.29) is 11.9 Å². The molecule has 0 spiro atoms. The Balaban J connectivity index is 2.45. The molecular weight excluding hydrogens is 228 g/mol. The highest BCUT2D eigenvalue weighted by molar-refractivity contribution is 5.90. The molecule has 1 aliphatic rings. The minimum absolute atomic E-state index is 0.0232. The number of nitrogens with one attached hydrogen (secondary N) is 1. The average molecular weight is 248 g/mol. The maximum Gasteiger partial charge on any atom is 0.245 e. The number of hydrogen-bond acceptors (Lipinski definition) is 4. The van der Waals surface area contributed by atoms with Gasteiger partial charge in [0.25, 0.3) is 0 Å². The summed E-state index contributed by atoms with van der Waals surface area (Å²) in [5.74, 6) is 0.836. The monoisotopic (exact) mass is 248 g/mol. The second-order valence-corrected chi connectivity index (χ2v) is 5.17. The van der Waals surface area contributed by atoms with E-state index >= 15 is 0 Å². The van der Waals surface area contributed by atoms with E-state index in [2.05, 4.69) is 10.3 Å². The molecule has 1 amide bonds. The largest absolute Gasteiger partial charge is 0.352 e. The highest BCUT2D eigenvalue weighted by Gasteiger charge is 2.39. The summed E-state index contributed by atoms with van der Waals surface area (Å²) in [6.07, 6.45) is 1.74. The second-order valence-electron chi connectivity index (χ2n) is 5.17. The van der Waals surface area contributed by atoms with Crippen molar-refractivity contribution in [3.63, 3.8) is 0 Å². The van der Waals surface area contributed by atoms with E-state index in [0.717, 1.165) is 17.9 Å². The van der Waals surface area contributed by atoms with Crippen LogP contribution in [-0.4, -0.2) is 29.5 Å². The Morgan fingerprint density at radius 2 is 2.28 bits per heavy atom. The van der Waals surface area contributed by atoms with Crippen molar-refractivity contribution < 1.29 is 4.79 Å². The Hall–Kier alpha value is -1.62. The maximum absolute atomic E-state index is 12.0. The van der Waals surface area contributed by atoms with Gasteiger partial charge in [-0.3, -0.25) is 4.79 Å². The van der Waals surface area contributed by atoms with Crippen molar-refractivity contribution in [2.75, 3.05) is 18.0 Å². The minimum Gasteiger partial charge on any atom is -0.352 e. The zero-order chi connectivity index (χ0) is 13.3. The summed E-state index contributed by atoms with van der Waals surface area (Å²) in [6, 6.07) is 3.74. The Kier molecular flexibility index (Phi) is 3.26. The van der Waals surface area contributed by atoms with Gasteiger partial charge in [-0.1, -0.05) is 6.07 Å². The molecule has 0 aliphatic carbocycles. The molecule has 0 bridgehead atoms. The smallest absolute Gasteiger partial charge is 0.245 e. The molecule has 0 saturated carbocycles. The standard InChI is InChI=1S/C13H20N4O/c1-9(14)10-5-4-6-15-11(10)17-8-7-16-12(18)13(17,2)3/h4-6,9H,7-8,14H2,1-3H3,(H,16,18)/t9-/m0/s1. The summed E-state index contributed by atoms with van der Waals surface area (Å²) >= 11 is 0. The first-order valence-electron chi connectivity index (χ1n) is 6.21. The van der Waals surface area contributed by atoms with Crippen LogP contribution in [0, 0.1) is 0 Å². The third-order valence-electron chi connectivity index (χ3n) is 3.41. The van der Waals surface area contributed by atoms with E-state index in [1.165, 1.54) is 0 Å². The van der Waals surface area contributed by atoms with Crippen LogP contribution in [0.25, 0.3) is 0 Å². The normalized spacial score (nSPS) is 20.4. The van der Waals surface area contributed by atoms with Crippen LogP contribution < -0.4 is 16.0 Å². The van der Waals surface area contributed by atoms with Crippen LogP contribution in [-0.2, 0) is 4.79 Å². The molecule has 2 heterocycles. The molecule has 0 unspecified atom stereocenters. The van der Waals surface area contributed by atoms with Gasteiger partial charge >= 0.3 is 0 Å². The van der Waals surface area contributed by atoms with E-state index in [9.17, 15) is 4.79 Å². The molecule has 5 heteroatoms. The van der Waals surface area contributed by atoms with Gasteiger partial charge in [-0.2, -0.15) is 0 Å². The van der Waals surface area contributed by atoms with Crippen LogP contribution in [0.15, 0.2) is 18.3 Å². The van der Waals surface area contributed by atoms with Crippen molar-refractivity contribution in [2.24, 2.45) is 5.73 Å². The summed E-state index contributed by atoms with van der Waals surface area (Å²) in [4.78, 5) is 18.4. The van der Waals surface area contributed by atoms with Crippen LogP contribution in [0.5, 0.6) is 0 Å². The third kappa shape index (κ3) is 2.06. The Labute approximate surface area is 107 Å². The lowest BCUT2D eigenvalue weighted by molar-refractivity contribution is -0.126. The predicted octanol–water partition coefficient (Wildman–Crippen LogP) is 0.816. The van der Waals surface area contributed by atoms with Crippen molar-refractivity contribution >= 4 is 11.7 Å². The SMILES string of the molecule is C[C@H](N)c1cccnc1N1CCNC(=O)C1(C)C. The molecular formula is C13H20N4O. The lowest BCUT2D eigenvalue weighted by Gasteiger charge is -2.43. The number of carbonyl (C=O) groups is 1. The summed E-state index contributed by atoms with van der Waals surface area (Å²) in [5.41, 5.74) is 6.35. The number of piperazine rings is 1. The van der Waals surface area contributed by atoms with Gasteiger partial charge in [0, 0.05) is 30.9 Å². The number of nitrogens with zero attached hydrogens (tertiary/aromatic N) is 2. The first-order chi connectivity index (χ1) is 8.44. The molecule has 1 aromatic rings. The fraction of sp³-hybridized carbons (Fsp3) is 0.538. The highest BCUT2D eigenvalue weighted by atomic mass is 16.2. The topological polar surface area (TPSA) is 71.2 Å². The van der Waals surface area contributed by atoms with Crippen molar-refractivity contribution in [2.45, 2.75) is 32.4 Å². The van der Waals surface area contributed by atoms with E-state index in [0.29, 0.717) is 6.54 Å². The first-order valence-corrected chi connectivity index (χ1v) is 6.21. The number of carbonyl (C=O) groups excluding carboxylic acids is 1. The summed E-state index contributed by atoms with van der Waals surface area (Å²) in [6.45, 7) is 7.12. The number of rotatable bonds is 2. The molecule has 98 valence electrons. The van der Waals surface area contributed by atoms with Gasteiger partial charge in [0.2, 0.25) is 5.91 Å². The van der Waals surface area contributed by atoms with Gasteiger partial charge < -0.3 is 16.0 Å². The van der Waals surface area contributed by atoms with Crippen molar-refractivity contribution in [1.82, 2.24) is 10.3 Å². The lowest BCUT2D eigenvalue weighted by atomic mass is 9.97. The lowest BCUT2D eigenvalue weighted by Crippen LogP contribution is -2.62. The van der Waals surface area contributed by atoms with Crippen LogP contribution in [0.2, 0.25) is 0 Å². The van der Waals surface area contributed by atoms with Crippen LogP contribution in [0.4, 0.5) is 5.82 Å². The number of pyridine rings is 1. The number of anilines is 1. The molecule has 3 N–H and O–H groups in total. The van der Waals surface area contributed by atoms with Gasteiger partial charge in [-0.25, -0.2) is 4.98 Å². The Morgan fingerprint density at radius 1 is 1.56 bits per heavy atom.